The smallest absolute Gasteiger partial charge is 0.225 e. The highest BCUT2D eigenvalue weighted by Gasteiger charge is 2.56. The summed E-state index contributed by atoms with van der Waals surface area (Å²) in [7, 11) is 0. The largest absolute Gasteiger partial charge is 0.395 e. The molecule has 5 heterocycles. The minimum Gasteiger partial charge on any atom is -0.395 e. The Kier molecular flexibility index (Phi) is 7.33. The number of rotatable bonds is 9. The van der Waals surface area contributed by atoms with Gasteiger partial charge in [-0.25, -0.2) is 24.8 Å². The molecule has 3 fully saturated rings. The van der Waals surface area contributed by atoms with Crippen molar-refractivity contribution in [3.05, 3.63) is 42.2 Å². The zero-order valence-corrected chi connectivity index (χ0v) is 24.3. The fraction of sp³-hybridized carbons (Fsp3) is 0.586. The molecule has 2 aliphatic heterocycles. The van der Waals surface area contributed by atoms with Gasteiger partial charge in [-0.3, -0.25) is 4.57 Å². The monoisotopic (exact) mass is 610 g/mol. The normalized spacial score (nSPS) is 31.0. The summed E-state index contributed by atoms with van der Waals surface area (Å²) in [5, 5.41) is 51.8. The van der Waals surface area contributed by atoms with E-state index in [2.05, 4.69) is 19.9 Å². The molecule has 0 amide bonds. The molecule has 8 N–H and O–H groups in total. The molecular formula is C29H38N8O7. The number of benzene rings is 1. The summed E-state index contributed by atoms with van der Waals surface area (Å²) in [6.45, 7) is 0.900. The highest BCUT2D eigenvalue weighted by molar-refractivity contribution is 5.81. The van der Waals surface area contributed by atoms with Crippen molar-refractivity contribution in [2.24, 2.45) is 5.92 Å². The molecule has 236 valence electrons. The van der Waals surface area contributed by atoms with Crippen molar-refractivity contribution >= 4 is 28.0 Å². The van der Waals surface area contributed by atoms with Crippen LogP contribution in [0.3, 0.4) is 0 Å². The van der Waals surface area contributed by atoms with E-state index in [9.17, 15) is 25.5 Å². The van der Waals surface area contributed by atoms with Gasteiger partial charge < -0.3 is 45.7 Å². The lowest BCUT2D eigenvalue weighted by molar-refractivity contribution is -0.355. The fourth-order valence-electron chi connectivity index (χ4n) is 6.94. The highest BCUT2D eigenvalue weighted by atomic mass is 16.7. The number of hydrogen-bond acceptors (Lipinski definition) is 13. The Balaban J connectivity index is 0.974. The molecule has 7 rings (SSSR count). The minimum atomic E-state index is -1.57. The molecule has 1 aliphatic carbocycles. The molecule has 4 aromatic rings. The van der Waals surface area contributed by atoms with Gasteiger partial charge in [0, 0.05) is 25.9 Å². The maximum atomic E-state index is 11.3. The van der Waals surface area contributed by atoms with Gasteiger partial charge in [-0.2, -0.15) is 0 Å². The molecule has 0 bridgehead atoms. The van der Waals surface area contributed by atoms with Crippen LogP contribution in [-0.4, -0.2) is 117 Å². The standard InChI is InChI=1S/C29H38N8O7/c1-28(42)37(9-20-24(44-28)23(41)27(43-20)36-14-33-22-25(30)31-13-32-26(22)36)17-6-15(7-17)2-5-21-34-18-4-3-16(8-19(18)35-21)29(10-38,11-39)12-40/h3-4,8,13-15,17,20,23-24,27,38-42H,2,5-7,9-12H2,1H3,(H,34,35)(H2,30,31,32)/t15?,17?,20-,23-,24-,27-,28?/m1/s1. The zero-order valence-electron chi connectivity index (χ0n) is 24.3. The molecule has 1 unspecified atom stereocenters. The van der Waals surface area contributed by atoms with Crippen LogP contribution >= 0.6 is 0 Å². The van der Waals surface area contributed by atoms with E-state index in [0.717, 1.165) is 42.5 Å². The number of nitrogens with one attached hydrogen (secondary N) is 1. The number of imidazole rings is 2. The third-order valence-electron chi connectivity index (χ3n) is 9.73. The Hall–Kier alpha value is -3.28. The summed E-state index contributed by atoms with van der Waals surface area (Å²) in [5.74, 6) is -0.0439. The number of aryl methyl sites for hydroxylation is 1. The predicted molar refractivity (Wildman–Crippen MR) is 156 cm³/mol. The molecule has 3 aromatic heterocycles. The van der Waals surface area contributed by atoms with E-state index >= 15 is 0 Å². The number of hydrogen-bond donors (Lipinski definition) is 7. The van der Waals surface area contributed by atoms with Crippen molar-refractivity contribution in [1.82, 2.24) is 34.4 Å². The first-order chi connectivity index (χ1) is 21.2. The van der Waals surface area contributed by atoms with Crippen molar-refractivity contribution in [1.29, 1.82) is 0 Å². The fourth-order valence-corrected chi connectivity index (χ4v) is 6.94. The topological polar surface area (TPSA) is 221 Å². The molecule has 1 aromatic carbocycles. The van der Waals surface area contributed by atoms with E-state index in [1.807, 2.05) is 17.0 Å². The van der Waals surface area contributed by atoms with Gasteiger partial charge >= 0.3 is 0 Å². The third kappa shape index (κ3) is 4.75. The van der Waals surface area contributed by atoms with Gasteiger partial charge in [0.05, 0.1) is 42.6 Å². The summed E-state index contributed by atoms with van der Waals surface area (Å²) in [6.07, 6.45) is 3.21. The number of nitrogen functional groups attached to an aromatic ring is 1. The van der Waals surface area contributed by atoms with Crippen molar-refractivity contribution in [3.8, 4) is 0 Å². The third-order valence-corrected chi connectivity index (χ3v) is 9.73. The molecule has 2 saturated heterocycles. The van der Waals surface area contributed by atoms with Crippen LogP contribution in [0, 0.1) is 5.92 Å². The van der Waals surface area contributed by atoms with Crippen LogP contribution in [-0.2, 0) is 21.3 Å². The van der Waals surface area contributed by atoms with Crippen LogP contribution in [0.1, 0.15) is 43.8 Å². The minimum absolute atomic E-state index is 0.0964. The molecule has 0 spiro atoms. The second-order valence-corrected chi connectivity index (χ2v) is 12.5. The first-order valence-corrected chi connectivity index (χ1v) is 14.9. The summed E-state index contributed by atoms with van der Waals surface area (Å²) < 4.78 is 13.9. The lowest BCUT2D eigenvalue weighted by Crippen LogP contribution is -2.66. The van der Waals surface area contributed by atoms with E-state index in [0.29, 0.717) is 29.2 Å². The average Bonchev–Trinajstić information content (AvgIpc) is 3.69. The number of aliphatic hydroxyl groups is 5. The zero-order chi connectivity index (χ0) is 30.8. The van der Waals surface area contributed by atoms with Crippen molar-refractivity contribution < 1.29 is 35.0 Å². The van der Waals surface area contributed by atoms with E-state index in [1.54, 1.807) is 17.6 Å². The summed E-state index contributed by atoms with van der Waals surface area (Å²) in [5.41, 5.74) is 7.90. The number of aliphatic hydroxyl groups excluding tert-OH is 4. The molecule has 44 heavy (non-hydrogen) atoms. The van der Waals surface area contributed by atoms with Gasteiger partial charge in [-0.1, -0.05) is 6.07 Å². The molecule has 1 saturated carbocycles. The number of nitrogens with zero attached hydrogens (tertiary/aromatic N) is 6. The Labute approximate surface area is 252 Å². The first-order valence-electron chi connectivity index (χ1n) is 14.9. The van der Waals surface area contributed by atoms with Crippen molar-refractivity contribution in [2.45, 2.75) is 74.5 Å². The maximum absolute atomic E-state index is 11.3. The summed E-state index contributed by atoms with van der Waals surface area (Å²) in [6, 6.07) is 5.53. The van der Waals surface area contributed by atoms with Gasteiger partial charge in [0.25, 0.3) is 0 Å². The van der Waals surface area contributed by atoms with E-state index < -0.39 is 35.9 Å². The SMILES string of the molecule is CC1(O)O[C@H]2[C@@H](O)[C@H](n3cnc4c(N)ncnc43)O[C@@H]2CN1C1CC(CCc2nc3ccc(C(CO)(CO)CO)cc3[nH]2)C1. The highest BCUT2D eigenvalue weighted by Crippen LogP contribution is 2.44. The molecule has 5 atom stereocenters. The second-order valence-electron chi connectivity index (χ2n) is 12.5. The van der Waals surface area contributed by atoms with Crippen LogP contribution in [0.4, 0.5) is 5.82 Å². The predicted octanol–water partition coefficient (Wildman–Crippen LogP) is -0.464. The van der Waals surface area contributed by atoms with Gasteiger partial charge in [0.2, 0.25) is 5.91 Å². The number of H-pyrrole nitrogens is 1. The molecular weight excluding hydrogens is 572 g/mol. The van der Waals surface area contributed by atoms with E-state index in [1.165, 1.54) is 12.7 Å². The van der Waals surface area contributed by atoms with Gasteiger partial charge in [0.1, 0.15) is 36.0 Å². The van der Waals surface area contributed by atoms with E-state index in [-0.39, 0.29) is 31.7 Å². The van der Waals surface area contributed by atoms with Gasteiger partial charge in [-0.05, 0) is 42.9 Å². The maximum Gasteiger partial charge on any atom is 0.225 e. The molecule has 15 heteroatoms. The molecule has 0 radical (unpaired) electrons. The Bertz CT molecular complexity index is 1640. The molecule has 15 nitrogen and oxygen atoms in total. The second kappa shape index (κ2) is 11.0. The van der Waals surface area contributed by atoms with Crippen LogP contribution in [0.15, 0.2) is 30.9 Å². The Morgan fingerprint density at radius 3 is 2.66 bits per heavy atom. The number of nitrogens with two attached hydrogens (primary N) is 1. The quantitative estimate of drug-likeness (QED) is 0.128. The number of aromatic amines is 1. The average molecular weight is 611 g/mol. The number of fused-ring (bicyclic) bond motifs is 3. The van der Waals surface area contributed by atoms with Gasteiger partial charge in [-0.15, -0.1) is 0 Å². The summed E-state index contributed by atoms with van der Waals surface area (Å²) >= 11 is 0. The van der Waals surface area contributed by atoms with Crippen molar-refractivity contribution in [2.75, 3.05) is 32.1 Å². The number of ether oxygens (including phenoxy) is 2. The van der Waals surface area contributed by atoms with Crippen LogP contribution < -0.4 is 5.73 Å². The van der Waals surface area contributed by atoms with Crippen molar-refractivity contribution in [3.63, 3.8) is 0 Å². The van der Waals surface area contributed by atoms with Crippen LogP contribution in [0.5, 0.6) is 0 Å². The Morgan fingerprint density at radius 2 is 1.91 bits per heavy atom. The van der Waals surface area contributed by atoms with Crippen LogP contribution in [0.2, 0.25) is 0 Å². The first kappa shape index (κ1) is 29.4. The number of aromatic nitrogens is 6. The lowest BCUT2D eigenvalue weighted by Gasteiger charge is -2.53. The molecule has 3 aliphatic rings. The van der Waals surface area contributed by atoms with Gasteiger partial charge in [0.15, 0.2) is 17.7 Å². The Morgan fingerprint density at radius 1 is 1.14 bits per heavy atom. The van der Waals surface area contributed by atoms with E-state index in [4.69, 9.17) is 20.2 Å². The lowest BCUT2D eigenvalue weighted by atomic mass is 9.76. The van der Waals surface area contributed by atoms with Crippen LogP contribution in [0.25, 0.3) is 22.2 Å². The summed E-state index contributed by atoms with van der Waals surface area (Å²) in [4.78, 5) is 22.5. The number of anilines is 1.